The van der Waals surface area contributed by atoms with Crippen molar-refractivity contribution in [1.29, 1.82) is 0 Å². The van der Waals surface area contributed by atoms with Gasteiger partial charge in [0.15, 0.2) is 6.10 Å². The highest BCUT2D eigenvalue weighted by atomic mass is 35.5. The zero-order chi connectivity index (χ0) is 12.4. The summed E-state index contributed by atoms with van der Waals surface area (Å²) in [4.78, 5) is 11.7. The molecule has 0 heterocycles. The van der Waals surface area contributed by atoms with E-state index in [1.54, 1.807) is 25.1 Å². The number of ether oxygens (including phenoxy) is 1. The van der Waals surface area contributed by atoms with Gasteiger partial charge in [-0.15, -0.1) is 0 Å². The van der Waals surface area contributed by atoms with Gasteiger partial charge in [-0.2, -0.15) is 0 Å². The minimum Gasteiger partial charge on any atom is -0.481 e. The molecule has 1 saturated carbocycles. The molecule has 1 fully saturated rings. The predicted molar refractivity (Wildman–Crippen MR) is 67.7 cm³/mol. The van der Waals surface area contributed by atoms with Gasteiger partial charge in [0, 0.05) is 16.1 Å². The van der Waals surface area contributed by atoms with Crippen molar-refractivity contribution < 1.29 is 9.53 Å². The fourth-order valence-electron chi connectivity index (χ4n) is 1.40. The summed E-state index contributed by atoms with van der Waals surface area (Å²) in [5.74, 6) is 0.393. The number of nitrogens with one attached hydrogen (secondary N) is 1. The standard InChI is InChI=1S/C12H13Cl2NO2/c1-7(12(16)15-10-2-3-10)17-11-5-8(13)4-9(14)6-11/h4-7,10H,2-3H2,1H3,(H,15,16)/t7-/m0/s1. The molecule has 0 unspecified atom stereocenters. The smallest absolute Gasteiger partial charge is 0.260 e. The Morgan fingerprint density at radius 2 is 1.94 bits per heavy atom. The number of rotatable bonds is 4. The van der Waals surface area contributed by atoms with Crippen molar-refractivity contribution in [2.75, 3.05) is 0 Å². The van der Waals surface area contributed by atoms with Crippen molar-refractivity contribution in [2.45, 2.75) is 31.9 Å². The van der Waals surface area contributed by atoms with Crippen LogP contribution in [-0.2, 0) is 4.79 Å². The van der Waals surface area contributed by atoms with Crippen molar-refractivity contribution in [3.05, 3.63) is 28.2 Å². The largest absolute Gasteiger partial charge is 0.481 e. The van der Waals surface area contributed by atoms with Crippen molar-refractivity contribution in [3.63, 3.8) is 0 Å². The van der Waals surface area contributed by atoms with E-state index in [4.69, 9.17) is 27.9 Å². The molecule has 1 atom stereocenters. The van der Waals surface area contributed by atoms with Crippen LogP contribution in [0.15, 0.2) is 18.2 Å². The Bertz CT molecular complexity index is 412. The highest BCUT2D eigenvalue weighted by Gasteiger charge is 2.26. The van der Waals surface area contributed by atoms with Gasteiger partial charge in [0.2, 0.25) is 0 Å². The molecule has 0 radical (unpaired) electrons. The van der Waals surface area contributed by atoms with Gasteiger partial charge in [-0.05, 0) is 38.0 Å². The molecule has 5 heteroatoms. The Labute approximate surface area is 110 Å². The van der Waals surface area contributed by atoms with Crippen LogP contribution >= 0.6 is 23.2 Å². The van der Waals surface area contributed by atoms with Crippen LogP contribution in [-0.4, -0.2) is 18.1 Å². The van der Waals surface area contributed by atoms with Crippen LogP contribution < -0.4 is 10.1 Å². The number of carbonyl (C=O) groups is 1. The highest BCUT2D eigenvalue weighted by molar-refractivity contribution is 6.34. The van der Waals surface area contributed by atoms with Gasteiger partial charge in [0.1, 0.15) is 5.75 Å². The van der Waals surface area contributed by atoms with Crippen LogP contribution in [0.1, 0.15) is 19.8 Å². The second-order valence-electron chi connectivity index (χ2n) is 4.15. The number of halogens is 2. The number of amides is 1. The molecule has 1 N–H and O–H groups in total. The number of hydrogen-bond acceptors (Lipinski definition) is 2. The van der Waals surface area contributed by atoms with Crippen molar-refractivity contribution >= 4 is 29.1 Å². The van der Waals surface area contributed by atoms with Gasteiger partial charge >= 0.3 is 0 Å². The molecule has 92 valence electrons. The molecule has 0 bridgehead atoms. The Morgan fingerprint density at radius 3 is 2.47 bits per heavy atom. The molecule has 17 heavy (non-hydrogen) atoms. The van der Waals surface area contributed by atoms with Crippen LogP contribution in [0.5, 0.6) is 5.75 Å². The van der Waals surface area contributed by atoms with Gasteiger partial charge in [0.05, 0.1) is 0 Å². The molecule has 2 rings (SSSR count). The molecular weight excluding hydrogens is 261 g/mol. The van der Waals surface area contributed by atoms with E-state index in [9.17, 15) is 4.79 Å². The summed E-state index contributed by atoms with van der Waals surface area (Å²) in [5.41, 5.74) is 0. The molecule has 1 amide bonds. The average Bonchev–Trinajstić information content (AvgIpc) is 2.99. The van der Waals surface area contributed by atoms with E-state index in [-0.39, 0.29) is 5.91 Å². The summed E-state index contributed by atoms with van der Waals surface area (Å²) in [5, 5.41) is 3.85. The lowest BCUT2D eigenvalue weighted by molar-refractivity contribution is -0.127. The molecule has 0 spiro atoms. The Morgan fingerprint density at radius 1 is 1.35 bits per heavy atom. The van der Waals surface area contributed by atoms with E-state index in [1.165, 1.54) is 0 Å². The maximum absolute atomic E-state index is 11.7. The number of hydrogen-bond donors (Lipinski definition) is 1. The molecule has 3 nitrogen and oxygen atoms in total. The van der Waals surface area contributed by atoms with Crippen molar-refractivity contribution in [2.24, 2.45) is 0 Å². The molecule has 0 aliphatic heterocycles. The first-order valence-electron chi connectivity index (χ1n) is 5.48. The summed E-state index contributed by atoms with van der Waals surface area (Å²) < 4.78 is 5.49. The Balaban J connectivity index is 1.96. The Hall–Kier alpha value is -0.930. The van der Waals surface area contributed by atoms with E-state index in [2.05, 4.69) is 5.32 Å². The first-order valence-corrected chi connectivity index (χ1v) is 6.23. The van der Waals surface area contributed by atoms with Crippen LogP contribution in [0.2, 0.25) is 10.0 Å². The zero-order valence-corrected chi connectivity index (χ0v) is 10.9. The summed E-state index contributed by atoms with van der Waals surface area (Å²) in [6, 6.07) is 5.21. The molecule has 1 aromatic rings. The van der Waals surface area contributed by atoms with E-state index in [0.717, 1.165) is 12.8 Å². The highest BCUT2D eigenvalue weighted by Crippen LogP contribution is 2.25. The fraction of sp³-hybridized carbons (Fsp3) is 0.417. The van der Waals surface area contributed by atoms with Gasteiger partial charge < -0.3 is 10.1 Å². The van der Waals surface area contributed by atoms with Crippen LogP contribution in [0.4, 0.5) is 0 Å². The molecule has 1 aliphatic carbocycles. The Kier molecular flexibility index (Phi) is 3.79. The third-order valence-corrected chi connectivity index (χ3v) is 2.88. The topological polar surface area (TPSA) is 38.3 Å². The van der Waals surface area contributed by atoms with Crippen LogP contribution in [0.3, 0.4) is 0 Å². The van der Waals surface area contributed by atoms with Gasteiger partial charge in [-0.25, -0.2) is 0 Å². The molecule has 0 saturated heterocycles. The van der Waals surface area contributed by atoms with Crippen molar-refractivity contribution in [1.82, 2.24) is 5.32 Å². The first kappa shape index (κ1) is 12.5. The van der Waals surface area contributed by atoms with E-state index < -0.39 is 6.10 Å². The van der Waals surface area contributed by atoms with Gasteiger partial charge in [0.25, 0.3) is 5.91 Å². The second kappa shape index (κ2) is 5.15. The third kappa shape index (κ3) is 3.79. The maximum Gasteiger partial charge on any atom is 0.260 e. The van der Waals surface area contributed by atoms with E-state index >= 15 is 0 Å². The lowest BCUT2D eigenvalue weighted by Crippen LogP contribution is -2.37. The quantitative estimate of drug-likeness (QED) is 0.916. The SMILES string of the molecule is C[C@H](Oc1cc(Cl)cc(Cl)c1)C(=O)NC1CC1. The summed E-state index contributed by atoms with van der Waals surface area (Å²) in [7, 11) is 0. The molecule has 1 aliphatic rings. The lowest BCUT2D eigenvalue weighted by atomic mass is 10.3. The number of carbonyl (C=O) groups excluding carboxylic acids is 1. The minimum atomic E-state index is -0.551. The predicted octanol–water partition coefficient (Wildman–Crippen LogP) is 3.04. The molecular formula is C12H13Cl2NO2. The average molecular weight is 274 g/mol. The number of benzene rings is 1. The zero-order valence-electron chi connectivity index (χ0n) is 9.37. The van der Waals surface area contributed by atoms with Crippen LogP contribution in [0.25, 0.3) is 0 Å². The van der Waals surface area contributed by atoms with Crippen LogP contribution in [0, 0.1) is 0 Å². The van der Waals surface area contributed by atoms with Crippen molar-refractivity contribution in [3.8, 4) is 5.75 Å². The van der Waals surface area contributed by atoms with E-state index in [1.807, 2.05) is 0 Å². The normalized spacial score (nSPS) is 16.4. The molecule has 1 aromatic carbocycles. The third-order valence-electron chi connectivity index (χ3n) is 2.44. The van der Waals surface area contributed by atoms with E-state index in [0.29, 0.717) is 21.8 Å². The monoisotopic (exact) mass is 273 g/mol. The summed E-state index contributed by atoms with van der Waals surface area (Å²) in [6.07, 6.45) is 1.56. The summed E-state index contributed by atoms with van der Waals surface area (Å²) >= 11 is 11.7. The maximum atomic E-state index is 11.7. The minimum absolute atomic E-state index is 0.108. The van der Waals surface area contributed by atoms with Gasteiger partial charge in [-0.1, -0.05) is 23.2 Å². The second-order valence-corrected chi connectivity index (χ2v) is 5.02. The lowest BCUT2D eigenvalue weighted by Gasteiger charge is -2.14. The summed E-state index contributed by atoms with van der Waals surface area (Å²) in [6.45, 7) is 1.70. The molecule has 0 aromatic heterocycles. The van der Waals surface area contributed by atoms with Gasteiger partial charge in [-0.3, -0.25) is 4.79 Å². The fourth-order valence-corrected chi connectivity index (χ4v) is 1.91. The first-order chi connectivity index (χ1) is 8.04.